The summed E-state index contributed by atoms with van der Waals surface area (Å²) in [6.45, 7) is 8.76. The third-order valence-electron chi connectivity index (χ3n) is 5.98. The number of aliphatic carboxylic acids is 1. The van der Waals surface area contributed by atoms with Crippen LogP contribution in [-0.4, -0.2) is 59.0 Å². The summed E-state index contributed by atoms with van der Waals surface area (Å²) in [5.74, 6) is -1.18. The number of likely N-dealkylation sites (tertiary alicyclic amines) is 1. The molecule has 0 unspecified atom stereocenters. The highest BCUT2D eigenvalue weighted by molar-refractivity contribution is 5.97. The van der Waals surface area contributed by atoms with Gasteiger partial charge < -0.3 is 20.6 Å². The molecule has 0 radical (unpaired) electrons. The zero-order valence-corrected chi connectivity index (χ0v) is 21.0. The van der Waals surface area contributed by atoms with Crippen LogP contribution in [0.4, 0.5) is 0 Å². The molecule has 3 rings (SSSR count). The fraction of sp³-hybridized carbons (Fsp3) is 0.481. The van der Waals surface area contributed by atoms with Gasteiger partial charge in [-0.05, 0) is 69.2 Å². The monoisotopic (exact) mass is 482 g/mol. The second-order valence-corrected chi connectivity index (χ2v) is 9.10. The van der Waals surface area contributed by atoms with Gasteiger partial charge in [0.05, 0.1) is 6.42 Å². The van der Waals surface area contributed by atoms with Crippen LogP contribution in [0.1, 0.15) is 52.9 Å². The molecule has 35 heavy (non-hydrogen) atoms. The maximum absolute atomic E-state index is 12.2. The van der Waals surface area contributed by atoms with E-state index in [1.807, 2.05) is 18.2 Å². The van der Waals surface area contributed by atoms with Gasteiger partial charge in [-0.3, -0.25) is 19.4 Å². The first-order valence-corrected chi connectivity index (χ1v) is 12.2. The van der Waals surface area contributed by atoms with Gasteiger partial charge in [-0.2, -0.15) is 0 Å². The summed E-state index contributed by atoms with van der Waals surface area (Å²) in [7, 11) is 0. The summed E-state index contributed by atoms with van der Waals surface area (Å²) >= 11 is 0. The third-order valence-corrected chi connectivity index (χ3v) is 5.98. The van der Waals surface area contributed by atoms with Crippen LogP contribution in [-0.2, 0) is 14.4 Å². The minimum Gasteiger partial charge on any atom is -0.481 e. The molecule has 1 saturated heterocycles. The van der Waals surface area contributed by atoms with Crippen molar-refractivity contribution < 1.29 is 19.5 Å². The molecule has 0 aliphatic carbocycles. The van der Waals surface area contributed by atoms with E-state index in [0.29, 0.717) is 19.0 Å². The van der Waals surface area contributed by atoms with Gasteiger partial charge >= 0.3 is 5.97 Å². The number of rotatable bonds is 9. The molecule has 190 valence electrons. The van der Waals surface area contributed by atoms with Crippen LogP contribution in [0.2, 0.25) is 0 Å². The van der Waals surface area contributed by atoms with E-state index in [1.54, 1.807) is 17.3 Å². The van der Waals surface area contributed by atoms with Crippen LogP contribution in [0.25, 0.3) is 0 Å². The number of nitrogens with one attached hydrogen (secondary N) is 2. The van der Waals surface area contributed by atoms with Crippen molar-refractivity contribution >= 4 is 17.8 Å². The molecule has 0 bridgehead atoms. The SMILES string of the molecule is CC(C)=C(/C=C\C1=C(C)NCCC1)CC1CN(C(=O)CC(=O)NCCC(=O)O)C1.c1ccncc1. The Labute approximate surface area is 208 Å². The van der Waals surface area contributed by atoms with Crippen molar-refractivity contribution in [2.45, 2.75) is 52.9 Å². The van der Waals surface area contributed by atoms with E-state index in [4.69, 9.17) is 5.11 Å². The summed E-state index contributed by atoms with van der Waals surface area (Å²) in [5.41, 5.74) is 5.20. The molecule has 1 aromatic rings. The molecule has 8 nitrogen and oxygen atoms in total. The number of hydrogen-bond acceptors (Lipinski definition) is 5. The van der Waals surface area contributed by atoms with Crippen molar-refractivity contribution in [2.24, 2.45) is 5.92 Å². The molecule has 3 heterocycles. The van der Waals surface area contributed by atoms with Gasteiger partial charge in [-0.25, -0.2) is 0 Å². The molecule has 2 amide bonds. The average molecular weight is 483 g/mol. The highest BCUT2D eigenvalue weighted by Crippen LogP contribution is 2.27. The number of aromatic nitrogens is 1. The van der Waals surface area contributed by atoms with Crippen LogP contribution in [0, 0.1) is 5.92 Å². The second-order valence-electron chi connectivity index (χ2n) is 9.10. The highest BCUT2D eigenvalue weighted by atomic mass is 16.4. The predicted molar refractivity (Wildman–Crippen MR) is 136 cm³/mol. The van der Waals surface area contributed by atoms with Crippen LogP contribution >= 0.6 is 0 Å². The number of allylic oxidation sites excluding steroid dienone is 6. The van der Waals surface area contributed by atoms with Crippen molar-refractivity contribution in [3.63, 3.8) is 0 Å². The lowest BCUT2D eigenvalue weighted by molar-refractivity contribution is -0.141. The first-order valence-electron chi connectivity index (χ1n) is 12.2. The Balaban J connectivity index is 0.000000625. The molecule has 2 aliphatic heterocycles. The van der Waals surface area contributed by atoms with E-state index in [0.717, 1.165) is 25.8 Å². The molecule has 0 atom stereocenters. The Morgan fingerprint density at radius 3 is 2.46 bits per heavy atom. The van der Waals surface area contributed by atoms with Crippen LogP contribution in [0.5, 0.6) is 0 Å². The van der Waals surface area contributed by atoms with Crippen molar-refractivity contribution in [1.29, 1.82) is 0 Å². The maximum Gasteiger partial charge on any atom is 0.305 e. The molecule has 2 aliphatic rings. The number of carbonyl (C=O) groups is 3. The quantitative estimate of drug-likeness (QED) is 0.367. The summed E-state index contributed by atoms with van der Waals surface area (Å²) < 4.78 is 0. The number of carbonyl (C=O) groups excluding carboxylic acids is 2. The zero-order valence-electron chi connectivity index (χ0n) is 21.0. The Morgan fingerprint density at radius 1 is 1.20 bits per heavy atom. The molecule has 0 spiro atoms. The standard InChI is InChI=1S/C22H33N3O4.C5H5N/c1-15(2)19(7-6-18-5-4-9-23-16(18)3)11-17-13-25(14-17)21(27)12-20(26)24-10-8-22(28)29;1-2-4-6-5-3-1/h6-7,17,23H,4-5,8-14H2,1-3H3,(H,24,26)(H,28,29);1-5H/b7-6-;. The Bertz CT molecular complexity index is 916. The third kappa shape index (κ3) is 10.6. The number of nitrogens with zero attached hydrogens (tertiary/aromatic N) is 2. The van der Waals surface area contributed by atoms with Gasteiger partial charge in [0.1, 0.15) is 6.42 Å². The number of amides is 2. The minimum absolute atomic E-state index is 0.0474. The second kappa shape index (κ2) is 14.8. The van der Waals surface area contributed by atoms with Crippen molar-refractivity contribution in [2.75, 3.05) is 26.2 Å². The smallest absolute Gasteiger partial charge is 0.305 e. The van der Waals surface area contributed by atoms with E-state index < -0.39 is 11.9 Å². The number of carboxylic acid groups (broad SMARTS) is 1. The molecule has 0 saturated carbocycles. The lowest BCUT2D eigenvalue weighted by atomic mass is 9.89. The summed E-state index contributed by atoms with van der Waals surface area (Å²) in [5, 5.41) is 14.4. The fourth-order valence-electron chi connectivity index (χ4n) is 3.85. The lowest BCUT2D eigenvalue weighted by Crippen LogP contribution is -2.51. The van der Waals surface area contributed by atoms with E-state index in [1.165, 1.54) is 22.4 Å². The predicted octanol–water partition coefficient (Wildman–Crippen LogP) is 3.45. The summed E-state index contributed by atoms with van der Waals surface area (Å²) in [4.78, 5) is 39.8. The van der Waals surface area contributed by atoms with Gasteiger partial charge in [0.15, 0.2) is 0 Å². The number of hydrogen-bond donors (Lipinski definition) is 3. The molecule has 8 heteroatoms. The van der Waals surface area contributed by atoms with E-state index in [2.05, 4.69) is 48.5 Å². The van der Waals surface area contributed by atoms with Gasteiger partial charge in [0.2, 0.25) is 11.8 Å². The normalized spacial score (nSPS) is 15.5. The zero-order chi connectivity index (χ0) is 25.6. The van der Waals surface area contributed by atoms with Gasteiger partial charge in [-0.1, -0.05) is 23.8 Å². The Morgan fingerprint density at radius 2 is 1.91 bits per heavy atom. The molecular formula is C27H38N4O4. The first kappa shape index (κ1) is 27.8. The van der Waals surface area contributed by atoms with Gasteiger partial charge in [0, 0.05) is 44.3 Å². The van der Waals surface area contributed by atoms with Crippen molar-refractivity contribution in [3.05, 3.63) is 65.2 Å². The van der Waals surface area contributed by atoms with E-state index >= 15 is 0 Å². The maximum atomic E-state index is 12.2. The van der Waals surface area contributed by atoms with E-state index in [9.17, 15) is 14.4 Å². The Hall–Kier alpha value is -3.42. The summed E-state index contributed by atoms with van der Waals surface area (Å²) in [6.07, 6.45) is 10.7. The fourth-order valence-corrected chi connectivity index (χ4v) is 3.85. The molecule has 1 fully saturated rings. The largest absolute Gasteiger partial charge is 0.481 e. The topological polar surface area (TPSA) is 112 Å². The van der Waals surface area contributed by atoms with Crippen LogP contribution < -0.4 is 10.6 Å². The minimum atomic E-state index is -0.975. The Kier molecular flexibility index (Phi) is 11.7. The average Bonchev–Trinajstić information content (AvgIpc) is 2.79. The van der Waals surface area contributed by atoms with Gasteiger partial charge in [-0.15, -0.1) is 0 Å². The summed E-state index contributed by atoms with van der Waals surface area (Å²) in [6, 6.07) is 5.72. The molecule has 3 N–H and O–H groups in total. The molecular weight excluding hydrogens is 444 g/mol. The number of carboxylic acids is 1. The van der Waals surface area contributed by atoms with Gasteiger partial charge in [0.25, 0.3) is 0 Å². The molecule has 1 aromatic heterocycles. The highest BCUT2D eigenvalue weighted by Gasteiger charge is 2.31. The van der Waals surface area contributed by atoms with Crippen LogP contribution in [0.3, 0.4) is 0 Å². The van der Waals surface area contributed by atoms with Crippen LogP contribution in [0.15, 0.2) is 65.2 Å². The van der Waals surface area contributed by atoms with E-state index in [-0.39, 0.29) is 25.3 Å². The molecule has 0 aromatic carbocycles. The van der Waals surface area contributed by atoms with Crippen molar-refractivity contribution in [3.8, 4) is 0 Å². The van der Waals surface area contributed by atoms with Crippen molar-refractivity contribution in [1.82, 2.24) is 20.5 Å². The lowest BCUT2D eigenvalue weighted by Gasteiger charge is -2.39. The number of pyridine rings is 1. The first-order chi connectivity index (χ1) is 16.8.